The van der Waals surface area contributed by atoms with Crippen molar-refractivity contribution in [2.45, 2.75) is 96.6 Å². The van der Waals surface area contributed by atoms with Crippen LogP contribution in [0.1, 0.15) is 69.9 Å². The van der Waals surface area contributed by atoms with Crippen molar-refractivity contribution >= 4 is 164 Å². The Morgan fingerprint density at radius 1 is 0.443 bits per heavy atom. The molecule has 4 fully saturated rings. The molecule has 4 saturated heterocycles. The molecule has 6 heterocycles. The Morgan fingerprint density at radius 2 is 0.757 bits per heavy atom. The number of aliphatic hydroxyl groups excluding tert-OH is 2. The number of carbonyl (C=O) groups excluding carboxylic acids is 4. The Balaban J connectivity index is -0.00000151. The largest absolute Gasteiger partial charge is 1.00 e. The molecule has 6 aliphatic heterocycles. The molecule has 0 saturated carbocycles. The number of ether oxygens (including phenoxy) is 2. The van der Waals surface area contributed by atoms with Crippen molar-refractivity contribution in [1.82, 2.24) is 19.6 Å². The minimum absolute atomic E-state index is 0. The summed E-state index contributed by atoms with van der Waals surface area (Å²) in [5.74, 6) is -8.39. The van der Waals surface area contributed by atoms with Gasteiger partial charge in [-0.05, 0) is 173 Å². The molecular formula is C73H74BCl4F34N4NaO17PS5. The van der Waals surface area contributed by atoms with E-state index in [4.69, 9.17) is 107 Å². The van der Waals surface area contributed by atoms with Crippen LogP contribution in [0.15, 0.2) is 157 Å². The summed E-state index contributed by atoms with van der Waals surface area (Å²) in [4.78, 5) is 59.2. The van der Waals surface area contributed by atoms with Crippen LogP contribution < -0.4 is 39.0 Å². The van der Waals surface area contributed by atoms with Gasteiger partial charge in [0.05, 0.1) is 90.0 Å². The van der Waals surface area contributed by atoms with E-state index in [2.05, 4.69) is 32.9 Å². The monoisotopic (exact) mass is 2290 g/mol. The zero-order valence-corrected chi connectivity index (χ0v) is 80.0. The SMILES string of the molecule is C.C/C=C/C=O.C1N2CN3CN1CN(C2)C3.CPC.Cc1cc(Cl)c2c(c1)C=C(C(=O)O)[C@@H](C(F)(F)F)O2.Cc1cc(Cl)c2c(c1)C=C(C=O)[C@@H](C(F)(F)F)O2.O=C(O)C(F)(F)F.O=Cc1cc(S(F)(F)(F)(F)F)cc(Cl)c1O.O=Cc1cc(S(F)(F)(F)(F)F)ccc1O.OCc1cc(S(F)(F)(F)(F)F)cc(Cl)c1O.OCc1cc(S(F)(F)(F)(F)F)ccc1O.Oc1ccc(S(F)(F)(F)(F)F)cc1.[B].[H-].[Na+]. The maximum absolute atomic E-state index is 12.8. The average Bonchev–Trinajstić information content (AvgIpc) is 0.709. The van der Waals surface area contributed by atoms with Gasteiger partial charge < -0.3 is 56.9 Å². The summed E-state index contributed by atoms with van der Waals surface area (Å²) in [5, 5.41) is 75.7. The molecule has 140 heavy (non-hydrogen) atoms. The predicted octanol–water partition coefficient (Wildman–Crippen LogP) is 25.8. The number of halogens is 38. The first kappa shape index (κ1) is 134. The number of aliphatic carboxylic acids is 2. The predicted molar refractivity (Wildman–Crippen MR) is 458 cm³/mol. The van der Waals surface area contributed by atoms with Crippen molar-refractivity contribution in [1.29, 1.82) is 0 Å². The number of carboxylic acid groups (broad SMARTS) is 2. The summed E-state index contributed by atoms with van der Waals surface area (Å²) in [6.07, 6.45) is -13.5. The van der Waals surface area contributed by atoms with Gasteiger partial charge in [-0.15, -0.1) is 8.58 Å². The van der Waals surface area contributed by atoms with Gasteiger partial charge in [0.2, 0.25) is 12.2 Å². The maximum Gasteiger partial charge on any atom is 1.00 e. The fourth-order valence-electron chi connectivity index (χ4n) is 10.3. The average molecular weight is 2290 g/mol. The number of alkyl halides is 9. The minimum atomic E-state index is -9.89. The van der Waals surface area contributed by atoms with E-state index in [1.165, 1.54) is 64.3 Å². The zero-order valence-electron chi connectivity index (χ0n) is 70.9. The van der Waals surface area contributed by atoms with E-state index in [1.54, 1.807) is 32.9 Å². The number of aldehydes is 4. The van der Waals surface area contributed by atoms with Gasteiger partial charge in [0.1, 0.15) is 77.3 Å². The molecular weight excluding hydrogens is 2220 g/mol. The van der Waals surface area contributed by atoms with E-state index >= 15 is 0 Å². The molecule has 13 rings (SSSR count). The summed E-state index contributed by atoms with van der Waals surface area (Å²) in [5.41, 5.74) is -2.34. The number of aliphatic hydroxyl groups is 2. The van der Waals surface area contributed by atoms with E-state index in [9.17, 15) is 161 Å². The number of fused-ring (bicyclic) bond motifs is 2. The summed E-state index contributed by atoms with van der Waals surface area (Å²) in [6.45, 7) is 14.7. The number of hydrogen-bond acceptors (Lipinski definition) is 19. The fraction of sp³-hybridized carbons (Fsp3) is 0.260. The molecule has 0 unspecified atom stereocenters. The number of carbonyl (C=O) groups is 6. The molecule has 793 valence electrons. The van der Waals surface area contributed by atoms with Crippen molar-refractivity contribution < 1.29 is 252 Å². The second kappa shape index (κ2) is 44.0. The second-order valence-corrected chi connectivity index (χ2v) is 42.4. The van der Waals surface area contributed by atoms with Crippen molar-refractivity contribution in [3.8, 4) is 40.2 Å². The van der Waals surface area contributed by atoms with Crippen LogP contribution in [0.5, 0.6) is 40.2 Å². The third-order valence-corrected chi connectivity index (χ3v) is 22.7. The third-order valence-electron chi connectivity index (χ3n) is 15.9. The molecule has 6 aliphatic rings. The Morgan fingerprint density at radius 3 is 1.06 bits per heavy atom. The molecule has 9 N–H and O–H groups in total. The van der Waals surface area contributed by atoms with E-state index in [0.717, 1.165) is 32.6 Å². The molecule has 21 nitrogen and oxygen atoms in total. The number of benzene rings is 7. The van der Waals surface area contributed by atoms with Gasteiger partial charge in [0.25, 0.3) is 0 Å². The molecule has 67 heteroatoms. The number of aryl methyl sites for hydroxylation is 2. The number of phenolic OH excluding ortho intramolecular Hbond substituents is 3. The number of phenols is 5. The first-order valence-electron chi connectivity index (χ1n) is 35.1. The first-order chi connectivity index (χ1) is 60.7. The summed E-state index contributed by atoms with van der Waals surface area (Å²) in [7, 11) is -47.7. The molecule has 0 amide bonds. The van der Waals surface area contributed by atoms with Crippen molar-refractivity contribution in [2.24, 2.45) is 0 Å². The molecule has 4 bridgehead atoms. The van der Waals surface area contributed by atoms with Gasteiger partial charge in [-0.3, -0.25) is 38.8 Å². The van der Waals surface area contributed by atoms with Gasteiger partial charge in [-0.2, -0.15) is 39.5 Å². The van der Waals surface area contributed by atoms with E-state index in [-0.39, 0.29) is 153 Å². The number of nitrogens with zero attached hydrogens (tertiary/aromatic N) is 4. The van der Waals surface area contributed by atoms with Crippen LogP contribution in [0.25, 0.3) is 12.2 Å². The molecule has 0 spiro atoms. The van der Waals surface area contributed by atoms with E-state index in [0.29, 0.717) is 35.4 Å². The zero-order chi connectivity index (χ0) is 107. The molecule has 3 radical (unpaired) electrons. The van der Waals surface area contributed by atoms with Gasteiger partial charge in [0.15, 0.2) is 12.6 Å². The standard InChI is InChI=1S/C12H8ClF3O3.C12H8ClF3O2.C7H6ClF5O2S.C7H4ClF5O2S.C7H7F5O2S.C7H5F5O2S.C6H5F5OS.C6H12N4.C4H6O.C2HF3O2.C2H7P.CH4.B.Na.H/c1-5-2-6-4-7(11(17)18)10(12(14,15)16)19-9(6)8(13)3-5;1-6-2-7-4-8(5-17)11(12(14,15)16)18-10(7)9(13)3-6;2*8-6-2-5(16(9,10,11,12)13)1-4(3-14)7(6)15;2*8-15(9,10,11,12)6-1-2-7(14)5(3-6)4-13;7-13(8,9,10,11)6-3-1-5(12)2-4-6;1-7-2-9-4-8(1)5-10(3-7)6-9;1-2-3-4-5;3-2(4,5)1(6)7;1-3-2;;;;/h2-4,10H,1H3,(H,17,18);2-5,11H,1H3;1-2,14-15H,3H2;1-3,15H;1-3,13-14H,4H2;1-4,14H;1-4,12H;1-6H2;2-4H,1H3;(H,6,7);3H,1-2H3;1H4;;;/q;;;;;;;;;;;;;+1;-1/b;;;;;;;;3-2+;;;;;;/t10-;11-;;;;;;;;;;;;;/m00............./s1. The molecule has 7 aromatic rings. The maximum atomic E-state index is 12.8. The Labute approximate surface area is 817 Å². The third kappa shape index (κ3) is 43.0. The summed E-state index contributed by atoms with van der Waals surface area (Å²) < 4.78 is 423. The van der Waals surface area contributed by atoms with Gasteiger partial charge >= 0.3 is 111 Å². The number of rotatable bonds is 12. The molecule has 2 atom stereocenters. The molecule has 0 aliphatic carbocycles. The number of carboxylic acids is 2. The van der Waals surface area contributed by atoms with Gasteiger partial charge in [0, 0.05) is 36.2 Å². The Kier molecular flexibility index (Phi) is 42.0. The Bertz CT molecular complexity index is 5690. The number of allylic oxidation sites excluding steroid dienone is 2. The van der Waals surface area contributed by atoms with Crippen LogP contribution >= 0.6 is 106 Å². The van der Waals surface area contributed by atoms with Crippen LogP contribution in [0.4, 0.5) is 137 Å². The molecule has 7 aromatic carbocycles. The Hall–Kier alpha value is -8.24. The van der Waals surface area contributed by atoms with Crippen molar-refractivity contribution in [3.05, 3.63) is 197 Å². The van der Waals surface area contributed by atoms with Crippen LogP contribution in [0.2, 0.25) is 20.1 Å². The molecule has 0 aromatic heterocycles. The first-order valence-corrected chi connectivity index (χ1v) is 48.4. The van der Waals surface area contributed by atoms with Crippen LogP contribution in [-0.4, -0.2) is 195 Å². The minimum Gasteiger partial charge on any atom is -1.00 e. The van der Waals surface area contributed by atoms with Gasteiger partial charge in [-0.25, -0.2) is 9.59 Å². The number of hydrogen-bond donors (Lipinski definition) is 9. The summed E-state index contributed by atoms with van der Waals surface area (Å²) >= 11 is 21.9. The van der Waals surface area contributed by atoms with Crippen molar-refractivity contribution in [2.75, 3.05) is 53.3 Å². The fourth-order valence-corrected chi connectivity index (χ4v) is 15.0. The van der Waals surface area contributed by atoms with Crippen LogP contribution in [-0.2, 0) is 32.4 Å². The van der Waals surface area contributed by atoms with E-state index < -0.39 is 204 Å². The quantitative estimate of drug-likeness (QED) is 0.0180. The topological polar surface area (TPSA) is 316 Å². The smallest absolute Gasteiger partial charge is 1.00 e. The number of aromatic hydroxyl groups is 5. The van der Waals surface area contributed by atoms with Gasteiger partial charge in [-0.1, -0.05) is 157 Å². The van der Waals surface area contributed by atoms with Crippen LogP contribution in [0.3, 0.4) is 0 Å². The summed E-state index contributed by atoms with van der Waals surface area (Å²) in [6, 6.07) is 8.08. The van der Waals surface area contributed by atoms with E-state index in [1.807, 2.05) is 0 Å². The van der Waals surface area contributed by atoms with Crippen molar-refractivity contribution in [3.63, 3.8) is 0 Å². The second-order valence-electron chi connectivity index (χ2n) is 27.7. The normalized spacial score (nSPS) is 19.0. The van der Waals surface area contributed by atoms with Crippen LogP contribution in [0, 0.1) is 13.8 Å².